The van der Waals surface area contributed by atoms with Crippen molar-refractivity contribution in [3.05, 3.63) is 66.2 Å². The van der Waals surface area contributed by atoms with Crippen LogP contribution in [0.4, 0.5) is 10.5 Å². The zero-order valence-corrected chi connectivity index (χ0v) is 21.8. The number of ether oxygens (including phenoxy) is 1. The van der Waals surface area contributed by atoms with Crippen molar-refractivity contribution in [1.29, 1.82) is 5.26 Å². The van der Waals surface area contributed by atoms with Gasteiger partial charge in [-0.25, -0.2) is 4.79 Å². The molecule has 2 aromatic rings. The summed E-state index contributed by atoms with van der Waals surface area (Å²) in [5.74, 6) is -0.941. The van der Waals surface area contributed by atoms with Crippen LogP contribution < -0.4 is 5.32 Å². The van der Waals surface area contributed by atoms with Gasteiger partial charge >= 0.3 is 6.09 Å². The average Bonchev–Trinajstić information content (AvgIpc) is 3.35. The number of amides is 3. The molecule has 8 nitrogen and oxygen atoms in total. The molecular weight excluding hydrogens is 468 g/mol. The lowest BCUT2D eigenvalue weighted by Crippen LogP contribution is -2.53. The maximum absolute atomic E-state index is 13.9. The van der Waals surface area contributed by atoms with Crippen molar-refractivity contribution in [2.45, 2.75) is 58.7 Å². The number of carbonyl (C=O) groups excluding carboxylic acids is 3. The monoisotopic (exact) mass is 504 g/mol. The molecule has 1 heterocycles. The fraction of sp³-hybridized carbons (Fsp3) is 0.448. The summed E-state index contributed by atoms with van der Waals surface area (Å²) in [6, 6.07) is 19.1. The Labute approximate surface area is 219 Å². The lowest BCUT2D eigenvalue weighted by molar-refractivity contribution is -0.137. The van der Waals surface area contributed by atoms with Gasteiger partial charge in [-0.05, 0) is 42.9 Å². The van der Waals surface area contributed by atoms with E-state index in [-0.39, 0.29) is 37.3 Å². The molecule has 1 N–H and O–H groups in total. The summed E-state index contributed by atoms with van der Waals surface area (Å²) in [7, 11) is 0. The van der Waals surface area contributed by atoms with E-state index in [2.05, 4.69) is 11.4 Å². The molecule has 0 saturated carbocycles. The van der Waals surface area contributed by atoms with E-state index in [9.17, 15) is 19.6 Å². The van der Waals surface area contributed by atoms with E-state index in [1.54, 1.807) is 12.1 Å². The van der Waals surface area contributed by atoms with E-state index in [0.29, 0.717) is 25.1 Å². The van der Waals surface area contributed by atoms with Crippen molar-refractivity contribution in [2.75, 3.05) is 18.4 Å². The first-order valence-electron chi connectivity index (χ1n) is 12.9. The Hall–Kier alpha value is -3.86. The number of para-hydroxylation sites is 1. The van der Waals surface area contributed by atoms with Crippen LogP contribution in [-0.4, -0.2) is 52.9 Å². The van der Waals surface area contributed by atoms with Gasteiger partial charge in [0.1, 0.15) is 18.7 Å². The number of rotatable bonds is 10. The molecule has 3 atom stereocenters. The molecule has 2 aromatic carbocycles. The minimum absolute atomic E-state index is 0.106. The summed E-state index contributed by atoms with van der Waals surface area (Å²) in [5, 5.41) is 12.7. The summed E-state index contributed by atoms with van der Waals surface area (Å²) in [6.07, 6.45) is 0.762. The van der Waals surface area contributed by atoms with E-state index in [0.717, 1.165) is 5.56 Å². The number of nitrogens with one attached hydrogen (secondary N) is 1. The first kappa shape index (κ1) is 27.7. The zero-order valence-electron chi connectivity index (χ0n) is 21.8. The highest BCUT2D eigenvalue weighted by atomic mass is 16.6. The predicted octanol–water partition coefficient (Wildman–Crippen LogP) is 4.83. The Morgan fingerprint density at radius 3 is 2.35 bits per heavy atom. The maximum atomic E-state index is 13.9. The minimum atomic E-state index is -0.782. The molecule has 1 aliphatic rings. The van der Waals surface area contributed by atoms with Crippen LogP contribution in [0.5, 0.6) is 0 Å². The topological polar surface area (TPSA) is 103 Å². The molecule has 0 spiro atoms. The van der Waals surface area contributed by atoms with Crippen molar-refractivity contribution in [3.63, 3.8) is 0 Å². The molecule has 37 heavy (non-hydrogen) atoms. The molecule has 3 unspecified atom stereocenters. The highest BCUT2D eigenvalue weighted by Gasteiger charge is 2.43. The van der Waals surface area contributed by atoms with Crippen LogP contribution in [0.2, 0.25) is 0 Å². The third-order valence-corrected chi connectivity index (χ3v) is 6.41. The van der Waals surface area contributed by atoms with E-state index in [4.69, 9.17) is 4.74 Å². The van der Waals surface area contributed by atoms with Crippen molar-refractivity contribution >= 4 is 23.6 Å². The summed E-state index contributed by atoms with van der Waals surface area (Å²) in [4.78, 5) is 42.9. The second-order valence-electron chi connectivity index (χ2n) is 9.80. The standard InChI is InChI=1S/C29H36N4O4/c1-4-15-32(29(36)37-20-22-11-7-5-8-12-22)26(16-21(2)3)28(35)33-19-23(17-25(33)18-30)27(34)31-24-13-9-6-10-14-24/h5-14,21,23,25-26H,4,15-17,19-20H2,1-3H3,(H,31,34). The molecule has 1 aliphatic heterocycles. The van der Waals surface area contributed by atoms with Gasteiger partial charge in [0.2, 0.25) is 11.8 Å². The normalized spacial score (nSPS) is 17.6. The summed E-state index contributed by atoms with van der Waals surface area (Å²) in [5.41, 5.74) is 1.52. The fourth-order valence-corrected chi connectivity index (χ4v) is 4.57. The number of nitrogens with zero attached hydrogens (tertiary/aromatic N) is 3. The van der Waals surface area contributed by atoms with Crippen LogP contribution in [-0.2, 0) is 20.9 Å². The predicted molar refractivity (Wildman–Crippen MR) is 141 cm³/mol. The number of hydrogen-bond acceptors (Lipinski definition) is 5. The first-order chi connectivity index (χ1) is 17.8. The molecule has 1 saturated heterocycles. The number of likely N-dealkylation sites (tertiary alicyclic amines) is 1. The van der Waals surface area contributed by atoms with Gasteiger partial charge in [-0.15, -0.1) is 0 Å². The van der Waals surface area contributed by atoms with Crippen molar-refractivity contribution in [3.8, 4) is 6.07 Å². The van der Waals surface area contributed by atoms with Crippen molar-refractivity contribution in [1.82, 2.24) is 9.80 Å². The fourth-order valence-electron chi connectivity index (χ4n) is 4.57. The van der Waals surface area contributed by atoms with E-state index < -0.39 is 24.1 Å². The Bertz CT molecular complexity index is 1080. The van der Waals surface area contributed by atoms with Crippen LogP contribution in [0.25, 0.3) is 0 Å². The third-order valence-electron chi connectivity index (χ3n) is 6.41. The van der Waals surface area contributed by atoms with E-state index in [1.165, 1.54) is 9.80 Å². The number of anilines is 1. The van der Waals surface area contributed by atoms with Gasteiger partial charge in [0.05, 0.1) is 12.0 Å². The number of carbonyl (C=O) groups is 3. The second-order valence-corrected chi connectivity index (χ2v) is 9.80. The highest BCUT2D eigenvalue weighted by Crippen LogP contribution is 2.28. The Morgan fingerprint density at radius 1 is 1.11 bits per heavy atom. The molecule has 3 amide bonds. The summed E-state index contributed by atoms with van der Waals surface area (Å²) >= 11 is 0. The largest absolute Gasteiger partial charge is 0.445 e. The zero-order chi connectivity index (χ0) is 26.8. The van der Waals surface area contributed by atoms with E-state index >= 15 is 0 Å². The number of hydrogen-bond donors (Lipinski definition) is 1. The Morgan fingerprint density at radius 2 is 1.76 bits per heavy atom. The molecule has 0 bridgehead atoms. The van der Waals surface area contributed by atoms with Gasteiger partial charge in [-0.2, -0.15) is 5.26 Å². The quantitative estimate of drug-likeness (QED) is 0.499. The molecule has 8 heteroatoms. The lowest BCUT2D eigenvalue weighted by Gasteiger charge is -2.34. The van der Waals surface area contributed by atoms with Gasteiger partial charge in [0.15, 0.2) is 0 Å². The molecule has 196 valence electrons. The van der Waals surface area contributed by atoms with Crippen LogP contribution in [0.15, 0.2) is 60.7 Å². The summed E-state index contributed by atoms with van der Waals surface area (Å²) in [6.45, 7) is 6.49. The minimum Gasteiger partial charge on any atom is -0.445 e. The van der Waals surface area contributed by atoms with Crippen LogP contribution in [0.3, 0.4) is 0 Å². The van der Waals surface area contributed by atoms with Gasteiger partial charge in [0.25, 0.3) is 0 Å². The first-order valence-corrected chi connectivity index (χ1v) is 12.9. The number of benzene rings is 2. The lowest BCUT2D eigenvalue weighted by atomic mass is 10.0. The summed E-state index contributed by atoms with van der Waals surface area (Å²) < 4.78 is 5.58. The molecule has 0 aliphatic carbocycles. The molecule has 3 rings (SSSR count). The second kappa shape index (κ2) is 13.4. The molecular formula is C29H36N4O4. The SMILES string of the molecule is CCCN(C(=O)OCc1ccccc1)C(CC(C)C)C(=O)N1CC(C(=O)Nc2ccccc2)CC1C#N. The van der Waals surface area contributed by atoms with Crippen molar-refractivity contribution < 1.29 is 19.1 Å². The van der Waals surface area contributed by atoms with Gasteiger partial charge < -0.3 is 15.0 Å². The molecule has 1 fully saturated rings. The van der Waals surface area contributed by atoms with Crippen LogP contribution in [0.1, 0.15) is 45.6 Å². The maximum Gasteiger partial charge on any atom is 0.410 e. The van der Waals surface area contributed by atoms with Gasteiger partial charge in [0, 0.05) is 18.8 Å². The smallest absolute Gasteiger partial charge is 0.410 e. The van der Waals surface area contributed by atoms with Crippen LogP contribution in [0, 0.1) is 23.2 Å². The van der Waals surface area contributed by atoms with E-state index in [1.807, 2.05) is 69.3 Å². The van der Waals surface area contributed by atoms with Gasteiger partial charge in [-0.1, -0.05) is 69.3 Å². The Balaban J connectivity index is 1.76. The highest BCUT2D eigenvalue weighted by molar-refractivity contribution is 5.94. The average molecular weight is 505 g/mol. The van der Waals surface area contributed by atoms with Crippen molar-refractivity contribution in [2.24, 2.45) is 11.8 Å². The Kier molecular flexibility index (Phi) is 10.1. The van der Waals surface area contributed by atoms with Gasteiger partial charge in [-0.3, -0.25) is 14.5 Å². The third kappa shape index (κ3) is 7.56. The van der Waals surface area contributed by atoms with Crippen LogP contribution >= 0.6 is 0 Å². The molecule has 0 aromatic heterocycles. The number of nitriles is 1. The molecule has 0 radical (unpaired) electrons.